The Morgan fingerprint density at radius 2 is 1.68 bits per heavy atom. The van der Waals surface area contributed by atoms with Crippen LogP contribution in [0.4, 0.5) is 11.4 Å². The summed E-state index contributed by atoms with van der Waals surface area (Å²) >= 11 is 0. The van der Waals surface area contributed by atoms with Crippen molar-refractivity contribution in [2.24, 2.45) is 4.99 Å². The molecule has 9 heteroatoms. The fourth-order valence-corrected chi connectivity index (χ4v) is 6.02. The molecular formula is C31H31N5O3S. The Hall–Kier alpha value is -4.34. The summed E-state index contributed by atoms with van der Waals surface area (Å²) in [6, 6.07) is 25.2. The number of pyridine rings is 1. The Morgan fingerprint density at radius 3 is 2.35 bits per heavy atom. The molecule has 0 aliphatic carbocycles. The minimum absolute atomic E-state index is 0.0643. The van der Waals surface area contributed by atoms with Crippen molar-refractivity contribution in [3.05, 3.63) is 108 Å². The maximum Gasteiger partial charge on any atom is 0.264 e. The lowest BCUT2D eigenvalue weighted by atomic mass is 10.0. The normalized spacial score (nSPS) is 14.4. The number of nitrogens with one attached hydrogen (secondary N) is 1. The second-order valence-corrected chi connectivity index (χ2v) is 11.2. The summed E-state index contributed by atoms with van der Waals surface area (Å²) in [5.41, 5.74) is 4.02. The standard InChI is InChI=1S/C31H31N5O3S/c1-2-33-30-28(25-9-4-3-5-10-25)11-6-12-29(30)40(38,39)34-27-15-13-26(14-16-27)31(37)36-20-18-35(19-21-36)23-24-8-7-17-32-22-24/h2-17,22,34H,18-21,23H2,1H3. The molecular weight excluding hydrogens is 522 g/mol. The minimum Gasteiger partial charge on any atom is -0.336 e. The molecule has 1 aliphatic heterocycles. The number of hydrogen-bond acceptors (Lipinski definition) is 6. The van der Waals surface area contributed by atoms with E-state index >= 15 is 0 Å². The average Bonchev–Trinajstić information content (AvgIpc) is 2.98. The number of rotatable bonds is 8. The first-order valence-electron chi connectivity index (χ1n) is 13.1. The van der Waals surface area contributed by atoms with Gasteiger partial charge in [-0.3, -0.25) is 24.4 Å². The third-order valence-electron chi connectivity index (χ3n) is 6.80. The van der Waals surface area contributed by atoms with Gasteiger partial charge >= 0.3 is 0 Å². The third kappa shape index (κ3) is 6.27. The van der Waals surface area contributed by atoms with E-state index in [0.717, 1.165) is 36.3 Å². The van der Waals surface area contributed by atoms with E-state index in [1.807, 2.05) is 53.6 Å². The van der Waals surface area contributed by atoms with Crippen LogP contribution in [-0.4, -0.2) is 61.5 Å². The van der Waals surface area contributed by atoms with E-state index in [1.165, 1.54) is 0 Å². The van der Waals surface area contributed by atoms with Crippen LogP contribution in [0.15, 0.2) is 107 Å². The number of piperazine rings is 1. The van der Waals surface area contributed by atoms with Crippen molar-refractivity contribution in [3.63, 3.8) is 0 Å². The highest BCUT2D eigenvalue weighted by atomic mass is 32.2. The van der Waals surface area contributed by atoms with Gasteiger partial charge in [0.05, 0.1) is 5.69 Å². The molecule has 1 aliphatic rings. The quantitative estimate of drug-likeness (QED) is 0.302. The van der Waals surface area contributed by atoms with Crippen LogP contribution in [0.25, 0.3) is 11.1 Å². The SMILES string of the molecule is CC=Nc1c(-c2ccccc2)cccc1S(=O)(=O)Nc1ccc(C(=O)N2CCN(Cc3cccnc3)CC2)cc1. The Balaban J connectivity index is 1.26. The Labute approximate surface area is 235 Å². The minimum atomic E-state index is -3.95. The highest BCUT2D eigenvalue weighted by Crippen LogP contribution is 2.36. The van der Waals surface area contributed by atoms with E-state index in [2.05, 4.69) is 25.7 Å². The molecule has 0 saturated carbocycles. The van der Waals surface area contributed by atoms with Crippen LogP contribution in [0.1, 0.15) is 22.8 Å². The van der Waals surface area contributed by atoms with E-state index in [9.17, 15) is 13.2 Å². The zero-order chi connectivity index (χ0) is 28.0. The van der Waals surface area contributed by atoms with E-state index in [4.69, 9.17) is 0 Å². The number of carbonyl (C=O) groups is 1. The van der Waals surface area contributed by atoms with Gasteiger partial charge in [0.25, 0.3) is 15.9 Å². The topological polar surface area (TPSA) is 95.0 Å². The number of hydrogen-bond donors (Lipinski definition) is 1. The molecule has 1 fully saturated rings. The lowest BCUT2D eigenvalue weighted by molar-refractivity contribution is 0.0628. The summed E-state index contributed by atoms with van der Waals surface area (Å²) in [4.78, 5) is 25.9. The zero-order valence-electron chi connectivity index (χ0n) is 22.3. The zero-order valence-corrected chi connectivity index (χ0v) is 23.1. The van der Waals surface area contributed by atoms with Crippen LogP contribution in [0, 0.1) is 0 Å². The molecule has 1 aromatic heterocycles. The van der Waals surface area contributed by atoms with Gasteiger partial charge in [0.1, 0.15) is 4.90 Å². The van der Waals surface area contributed by atoms with Gasteiger partial charge in [-0.2, -0.15) is 0 Å². The highest BCUT2D eigenvalue weighted by Gasteiger charge is 2.24. The predicted octanol–water partition coefficient (Wildman–Crippen LogP) is 5.23. The third-order valence-corrected chi connectivity index (χ3v) is 8.22. The van der Waals surface area contributed by atoms with Crippen molar-refractivity contribution < 1.29 is 13.2 Å². The van der Waals surface area contributed by atoms with Crippen LogP contribution in [0.2, 0.25) is 0 Å². The van der Waals surface area contributed by atoms with Gasteiger partial charge in [-0.1, -0.05) is 48.5 Å². The van der Waals surface area contributed by atoms with Gasteiger partial charge in [-0.15, -0.1) is 0 Å². The molecule has 5 rings (SSSR count). The lowest BCUT2D eigenvalue weighted by Crippen LogP contribution is -2.48. The maximum atomic E-state index is 13.4. The second kappa shape index (κ2) is 12.2. The number of nitrogens with zero attached hydrogens (tertiary/aromatic N) is 4. The Bertz CT molecular complexity index is 1580. The van der Waals surface area contributed by atoms with E-state index < -0.39 is 10.0 Å². The number of para-hydroxylation sites is 1. The molecule has 2 heterocycles. The first-order valence-corrected chi connectivity index (χ1v) is 14.6. The fraction of sp³-hybridized carbons (Fsp3) is 0.194. The molecule has 0 spiro atoms. The molecule has 0 unspecified atom stereocenters. The molecule has 0 radical (unpaired) electrons. The van der Waals surface area contributed by atoms with Gasteiger partial charge < -0.3 is 4.90 Å². The Kier molecular flexibility index (Phi) is 8.33. The number of carbonyl (C=O) groups excluding carboxylic acids is 1. The summed E-state index contributed by atoms with van der Waals surface area (Å²) < 4.78 is 29.5. The van der Waals surface area contributed by atoms with Crippen LogP contribution in [-0.2, 0) is 16.6 Å². The number of anilines is 1. The first-order chi connectivity index (χ1) is 19.4. The van der Waals surface area contributed by atoms with E-state index in [0.29, 0.717) is 30.0 Å². The lowest BCUT2D eigenvalue weighted by Gasteiger charge is -2.34. The van der Waals surface area contributed by atoms with Crippen molar-refractivity contribution >= 4 is 33.5 Å². The largest absolute Gasteiger partial charge is 0.336 e. The van der Waals surface area contributed by atoms with Crippen LogP contribution in [0.3, 0.4) is 0 Å². The van der Waals surface area contributed by atoms with E-state index in [1.54, 1.807) is 55.7 Å². The maximum absolute atomic E-state index is 13.4. The molecule has 3 aromatic carbocycles. The average molecular weight is 554 g/mol. The van der Waals surface area contributed by atoms with Crippen LogP contribution >= 0.6 is 0 Å². The smallest absolute Gasteiger partial charge is 0.264 e. The van der Waals surface area contributed by atoms with Crippen molar-refractivity contribution in [3.8, 4) is 11.1 Å². The summed E-state index contributed by atoms with van der Waals surface area (Å²) in [5.74, 6) is -0.0643. The van der Waals surface area contributed by atoms with E-state index in [-0.39, 0.29) is 10.8 Å². The molecule has 8 nitrogen and oxygen atoms in total. The summed E-state index contributed by atoms with van der Waals surface area (Å²) in [6.07, 6.45) is 5.21. The molecule has 40 heavy (non-hydrogen) atoms. The van der Waals surface area contributed by atoms with Gasteiger partial charge in [0.2, 0.25) is 0 Å². The van der Waals surface area contributed by atoms with Crippen molar-refractivity contribution in [2.75, 3.05) is 30.9 Å². The van der Waals surface area contributed by atoms with Gasteiger partial charge in [-0.05, 0) is 54.4 Å². The Morgan fingerprint density at radius 1 is 0.925 bits per heavy atom. The summed E-state index contributed by atoms with van der Waals surface area (Å²) in [7, 11) is -3.95. The fourth-order valence-electron chi connectivity index (χ4n) is 4.78. The number of aliphatic imine (C=N–C) groups is 1. The van der Waals surface area contributed by atoms with Crippen molar-refractivity contribution in [1.82, 2.24) is 14.8 Å². The summed E-state index contributed by atoms with van der Waals surface area (Å²) in [5, 5.41) is 0. The molecule has 4 aromatic rings. The van der Waals surface area contributed by atoms with Crippen LogP contribution in [0.5, 0.6) is 0 Å². The predicted molar refractivity (Wildman–Crippen MR) is 158 cm³/mol. The summed E-state index contributed by atoms with van der Waals surface area (Å²) in [6.45, 7) is 5.39. The molecule has 204 valence electrons. The number of benzene rings is 3. The van der Waals surface area contributed by atoms with Crippen molar-refractivity contribution in [2.45, 2.75) is 18.4 Å². The number of aromatic nitrogens is 1. The second-order valence-electron chi connectivity index (χ2n) is 9.52. The molecule has 1 amide bonds. The molecule has 0 atom stereocenters. The number of amides is 1. The monoisotopic (exact) mass is 553 g/mol. The van der Waals surface area contributed by atoms with Gasteiger partial charge in [-0.25, -0.2) is 8.42 Å². The molecule has 1 saturated heterocycles. The molecule has 0 bridgehead atoms. The van der Waals surface area contributed by atoms with Gasteiger partial charge in [0.15, 0.2) is 0 Å². The van der Waals surface area contributed by atoms with Gasteiger partial charge in [0, 0.05) is 68.1 Å². The highest BCUT2D eigenvalue weighted by molar-refractivity contribution is 7.92. The molecule has 1 N–H and O–H groups in total. The van der Waals surface area contributed by atoms with Crippen LogP contribution < -0.4 is 4.72 Å². The number of sulfonamides is 1. The first kappa shape index (κ1) is 27.2. The van der Waals surface area contributed by atoms with Crippen molar-refractivity contribution in [1.29, 1.82) is 0 Å².